The highest BCUT2D eigenvalue weighted by atomic mass is 35.5. The van der Waals surface area contributed by atoms with Crippen molar-refractivity contribution >= 4 is 11.6 Å². The van der Waals surface area contributed by atoms with Gasteiger partial charge in [-0.3, -0.25) is 0 Å². The molecule has 0 unspecified atom stereocenters. The lowest BCUT2D eigenvalue weighted by Gasteiger charge is -1.75. The first-order valence-electron chi connectivity index (χ1n) is 2.39. The number of hydrogen-bond acceptors (Lipinski definition) is 0. The average Bonchev–Trinajstić information content (AvgIpc) is 1.66. The summed E-state index contributed by atoms with van der Waals surface area (Å²) in [7, 11) is 0. The first-order chi connectivity index (χ1) is 3.77. The van der Waals surface area contributed by atoms with Gasteiger partial charge in [-0.1, -0.05) is 36.4 Å². The van der Waals surface area contributed by atoms with E-state index in [1.54, 1.807) is 6.08 Å². The molecule has 8 heavy (non-hydrogen) atoms. The van der Waals surface area contributed by atoms with Crippen molar-refractivity contribution in [2.24, 2.45) is 0 Å². The van der Waals surface area contributed by atoms with Crippen LogP contribution in [0.25, 0.3) is 0 Å². The van der Waals surface area contributed by atoms with Crippen molar-refractivity contribution in [1.82, 2.24) is 0 Å². The third-order valence-corrected chi connectivity index (χ3v) is 0.699. The predicted molar refractivity (Wildman–Crippen MR) is 38.9 cm³/mol. The van der Waals surface area contributed by atoms with Crippen molar-refractivity contribution in [1.29, 1.82) is 0 Å². The van der Waals surface area contributed by atoms with Crippen LogP contribution in [0.1, 0.15) is 6.92 Å². The van der Waals surface area contributed by atoms with Crippen LogP contribution in [-0.2, 0) is 0 Å². The molecule has 0 nitrogen and oxygen atoms in total. The van der Waals surface area contributed by atoms with E-state index >= 15 is 0 Å². The lowest BCUT2D eigenvalue weighted by atomic mass is 10.4. The van der Waals surface area contributed by atoms with Gasteiger partial charge in [0.1, 0.15) is 0 Å². The molecule has 0 aromatic rings. The normalized spacial score (nSPS) is 12.5. The minimum atomic E-state index is 0.781. The summed E-state index contributed by atoms with van der Waals surface area (Å²) >= 11 is 5.49. The van der Waals surface area contributed by atoms with Crippen LogP contribution in [0.3, 0.4) is 0 Å². The molecule has 0 aliphatic carbocycles. The molecule has 0 saturated heterocycles. The molecule has 0 aromatic heterocycles. The number of halogens is 1. The van der Waals surface area contributed by atoms with Crippen molar-refractivity contribution in [3.63, 3.8) is 0 Å². The molecule has 0 heterocycles. The Balaban J connectivity index is 3.57. The summed E-state index contributed by atoms with van der Waals surface area (Å²) in [5.74, 6) is 0. The van der Waals surface area contributed by atoms with Crippen LogP contribution in [0.4, 0.5) is 0 Å². The first kappa shape index (κ1) is 7.51. The van der Waals surface area contributed by atoms with Crippen molar-refractivity contribution in [3.8, 4) is 0 Å². The van der Waals surface area contributed by atoms with Gasteiger partial charge in [-0.25, -0.2) is 0 Å². The Morgan fingerprint density at radius 1 is 1.50 bits per heavy atom. The molecule has 0 spiro atoms. The molecular formula is C7H9Cl. The zero-order valence-corrected chi connectivity index (χ0v) is 5.65. The van der Waals surface area contributed by atoms with Gasteiger partial charge in [0.05, 0.1) is 0 Å². The second-order valence-electron chi connectivity index (χ2n) is 1.37. The van der Waals surface area contributed by atoms with E-state index in [1.165, 1.54) is 0 Å². The zero-order chi connectivity index (χ0) is 6.41. The average molecular weight is 129 g/mol. The Hall–Kier alpha value is -0.490. The maximum absolute atomic E-state index is 5.49. The van der Waals surface area contributed by atoms with Gasteiger partial charge in [0.15, 0.2) is 0 Å². The van der Waals surface area contributed by atoms with Crippen molar-refractivity contribution in [2.75, 3.05) is 0 Å². The summed E-state index contributed by atoms with van der Waals surface area (Å²) in [5.41, 5.74) is 0. The van der Waals surface area contributed by atoms with Crippen LogP contribution in [0.2, 0.25) is 0 Å². The third-order valence-electron chi connectivity index (χ3n) is 0.573. The van der Waals surface area contributed by atoms with E-state index in [4.69, 9.17) is 11.6 Å². The van der Waals surface area contributed by atoms with Crippen LogP contribution >= 0.6 is 11.6 Å². The highest BCUT2D eigenvalue weighted by Crippen LogP contribution is 1.96. The number of hydrogen-bond donors (Lipinski definition) is 0. The molecule has 0 saturated carbocycles. The van der Waals surface area contributed by atoms with E-state index in [1.807, 2.05) is 25.2 Å². The lowest BCUT2D eigenvalue weighted by molar-refractivity contribution is 1.66. The van der Waals surface area contributed by atoms with E-state index in [0.29, 0.717) is 0 Å². The maximum Gasteiger partial charge on any atom is 0.0150 e. The van der Waals surface area contributed by atoms with E-state index in [-0.39, 0.29) is 0 Å². The highest BCUT2D eigenvalue weighted by molar-refractivity contribution is 6.29. The number of allylic oxidation sites excluding steroid dienone is 5. The minimum Gasteiger partial charge on any atom is -0.0991 e. The van der Waals surface area contributed by atoms with Gasteiger partial charge in [-0.15, -0.1) is 0 Å². The highest BCUT2D eigenvalue weighted by Gasteiger charge is 1.69. The molecule has 0 radical (unpaired) electrons. The maximum atomic E-state index is 5.49. The molecule has 0 atom stereocenters. The molecule has 44 valence electrons. The van der Waals surface area contributed by atoms with Gasteiger partial charge in [0, 0.05) is 5.03 Å². The van der Waals surface area contributed by atoms with Crippen LogP contribution in [0, 0.1) is 0 Å². The van der Waals surface area contributed by atoms with E-state index < -0.39 is 0 Å². The summed E-state index contributed by atoms with van der Waals surface area (Å²) < 4.78 is 0. The molecule has 1 heteroatoms. The third kappa shape index (κ3) is 5.51. The summed E-state index contributed by atoms with van der Waals surface area (Å²) in [5, 5.41) is 0.781. The smallest absolute Gasteiger partial charge is 0.0150 e. The summed E-state index contributed by atoms with van der Waals surface area (Å²) in [6, 6.07) is 0. The van der Waals surface area contributed by atoms with Gasteiger partial charge in [0.2, 0.25) is 0 Å². The molecule has 0 amide bonds. The summed E-state index contributed by atoms with van der Waals surface area (Å²) in [6.45, 7) is 5.33. The molecule has 0 N–H and O–H groups in total. The summed E-state index contributed by atoms with van der Waals surface area (Å²) in [4.78, 5) is 0. The van der Waals surface area contributed by atoms with Crippen LogP contribution in [0.15, 0.2) is 35.9 Å². The zero-order valence-electron chi connectivity index (χ0n) is 4.89. The van der Waals surface area contributed by atoms with Crippen LogP contribution in [0.5, 0.6) is 0 Å². The lowest BCUT2D eigenvalue weighted by Crippen LogP contribution is -1.52. The molecule has 0 aliphatic heterocycles. The Labute approximate surface area is 55.2 Å². The van der Waals surface area contributed by atoms with Crippen LogP contribution in [-0.4, -0.2) is 0 Å². The Bertz CT molecular complexity index is 116. The Morgan fingerprint density at radius 2 is 2.12 bits per heavy atom. The summed E-state index contributed by atoms with van der Waals surface area (Å²) in [6.07, 6.45) is 7.18. The molecular weight excluding hydrogens is 120 g/mol. The second kappa shape index (κ2) is 4.66. The van der Waals surface area contributed by atoms with Gasteiger partial charge in [0.25, 0.3) is 0 Å². The van der Waals surface area contributed by atoms with Crippen LogP contribution < -0.4 is 0 Å². The Morgan fingerprint density at radius 3 is 2.50 bits per heavy atom. The van der Waals surface area contributed by atoms with Crippen molar-refractivity contribution < 1.29 is 0 Å². The molecule has 0 bridgehead atoms. The molecule has 0 fully saturated rings. The van der Waals surface area contributed by atoms with E-state index in [0.717, 1.165) is 5.03 Å². The molecule has 0 aromatic carbocycles. The monoisotopic (exact) mass is 128 g/mol. The largest absolute Gasteiger partial charge is 0.0991 e. The van der Waals surface area contributed by atoms with Gasteiger partial charge >= 0.3 is 0 Å². The topological polar surface area (TPSA) is 0 Å². The van der Waals surface area contributed by atoms with E-state index in [2.05, 4.69) is 6.58 Å². The van der Waals surface area contributed by atoms with Gasteiger partial charge < -0.3 is 0 Å². The van der Waals surface area contributed by atoms with Gasteiger partial charge in [-0.05, 0) is 13.0 Å². The minimum absolute atomic E-state index is 0.781. The fraction of sp³-hybridized carbons (Fsp3) is 0.143. The van der Waals surface area contributed by atoms with Crippen molar-refractivity contribution in [3.05, 3.63) is 35.9 Å². The first-order valence-corrected chi connectivity index (χ1v) is 2.76. The SMILES string of the molecule is C=CC=CC=C(C)Cl. The number of rotatable bonds is 2. The standard InChI is InChI=1S/C7H9Cl/c1-3-4-5-6-7(2)8/h3-6H,1H2,2H3. The molecule has 0 rings (SSSR count). The Kier molecular flexibility index (Phi) is 4.38. The quantitative estimate of drug-likeness (QED) is 0.502. The fourth-order valence-electron chi connectivity index (χ4n) is 0.267. The fourth-order valence-corrected chi connectivity index (χ4v) is 0.339. The van der Waals surface area contributed by atoms with E-state index in [9.17, 15) is 0 Å². The molecule has 0 aliphatic rings. The predicted octanol–water partition coefficient (Wildman–Crippen LogP) is 2.87. The van der Waals surface area contributed by atoms with Gasteiger partial charge in [-0.2, -0.15) is 0 Å². The second-order valence-corrected chi connectivity index (χ2v) is 1.97. The van der Waals surface area contributed by atoms with Crippen molar-refractivity contribution in [2.45, 2.75) is 6.92 Å².